The smallest absolute Gasteiger partial charge is 0.0667 e. The van der Waals surface area contributed by atoms with Crippen molar-refractivity contribution in [1.82, 2.24) is 0 Å². The maximum Gasteiger partial charge on any atom is 0.0667 e. The molecule has 0 radical (unpaired) electrons. The molecule has 2 aliphatic carbocycles. The van der Waals surface area contributed by atoms with E-state index in [0.717, 1.165) is 18.3 Å². The largest absolute Gasteiger partial charge is 0.381 e. The van der Waals surface area contributed by atoms with Gasteiger partial charge < -0.3 is 4.74 Å². The van der Waals surface area contributed by atoms with Gasteiger partial charge in [-0.25, -0.2) is 0 Å². The van der Waals surface area contributed by atoms with Crippen LogP contribution in [0.2, 0.25) is 0 Å². The van der Waals surface area contributed by atoms with Gasteiger partial charge in [-0.1, -0.05) is 18.2 Å². The van der Waals surface area contributed by atoms with E-state index in [1.807, 2.05) is 13.2 Å². The van der Waals surface area contributed by atoms with Crippen LogP contribution >= 0.6 is 0 Å². The lowest BCUT2D eigenvalue weighted by Crippen LogP contribution is -2.26. The summed E-state index contributed by atoms with van der Waals surface area (Å²) in [5.74, 6) is 2.23. The predicted molar refractivity (Wildman–Crippen MR) is 54.5 cm³/mol. The third-order valence-electron chi connectivity index (χ3n) is 3.52. The molecule has 1 saturated carbocycles. The van der Waals surface area contributed by atoms with Crippen LogP contribution in [-0.4, -0.2) is 13.2 Å². The molecule has 4 unspecified atom stereocenters. The van der Waals surface area contributed by atoms with Gasteiger partial charge in [0, 0.05) is 13.0 Å². The van der Waals surface area contributed by atoms with Crippen molar-refractivity contribution in [3.05, 3.63) is 24.8 Å². The average molecular weight is 178 g/mol. The Labute approximate surface area is 80.5 Å². The normalized spacial score (nSPS) is 41.3. The molecule has 0 aromatic carbocycles. The number of methoxy groups -OCH3 is 1. The Kier molecular flexibility index (Phi) is 2.54. The number of hydrogen-bond donors (Lipinski definition) is 0. The summed E-state index contributed by atoms with van der Waals surface area (Å²) < 4.78 is 5.57. The van der Waals surface area contributed by atoms with Gasteiger partial charge >= 0.3 is 0 Å². The molecule has 0 saturated heterocycles. The molecule has 0 aromatic rings. The summed E-state index contributed by atoms with van der Waals surface area (Å²) in [6, 6.07) is 0. The summed E-state index contributed by atoms with van der Waals surface area (Å²) in [5.41, 5.74) is 0. The third-order valence-corrected chi connectivity index (χ3v) is 3.52. The van der Waals surface area contributed by atoms with Crippen molar-refractivity contribution < 1.29 is 4.74 Å². The molecule has 0 amide bonds. The Morgan fingerprint density at radius 2 is 2.23 bits per heavy atom. The number of rotatable bonds is 4. The number of fused-ring (bicyclic) bond motifs is 2. The zero-order valence-electron chi connectivity index (χ0n) is 8.28. The van der Waals surface area contributed by atoms with E-state index in [0.29, 0.717) is 12.0 Å². The quantitative estimate of drug-likeness (QED) is 0.601. The minimum Gasteiger partial charge on any atom is -0.381 e. The molecule has 0 aliphatic heterocycles. The molecule has 72 valence electrons. The summed E-state index contributed by atoms with van der Waals surface area (Å²) in [5, 5.41) is 0. The van der Waals surface area contributed by atoms with Gasteiger partial charge in [-0.15, -0.1) is 6.58 Å². The van der Waals surface area contributed by atoms with Gasteiger partial charge in [-0.05, 0) is 31.1 Å². The second-order valence-corrected chi connectivity index (χ2v) is 4.18. The summed E-state index contributed by atoms with van der Waals surface area (Å²) in [6.07, 6.45) is 10.9. The van der Waals surface area contributed by atoms with E-state index in [1.165, 1.54) is 12.8 Å². The Morgan fingerprint density at radius 3 is 2.92 bits per heavy atom. The molecule has 2 rings (SSSR count). The van der Waals surface area contributed by atoms with Crippen LogP contribution in [0.1, 0.15) is 19.3 Å². The SMILES string of the molecule is C=CCCC1C2C=CC(C2)C1OC. The molecule has 1 heteroatoms. The number of hydrogen-bond acceptors (Lipinski definition) is 1. The Balaban J connectivity index is 2.00. The van der Waals surface area contributed by atoms with E-state index in [1.54, 1.807) is 0 Å². The molecule has 1 nitrogen and oxygen atoms in total. The Bertz CT molecular complexity index is 219. The van der Waals surface area contributed by atoms with E-state index in [9.17, 15) is 0 Å². The average Bonchev–Trinajstić information content (AvgIpc) is 2.73. The first-order valence-corrected chi connectivity index (χ1v) is 5.19. The van der Waals surface area contributed by atoms with Gasteiger partial charge in [0.05, 0.1) is 6.10 Å². The van der Waals surface area contributed by atoms with E-state index in [2.05, 4.69) is 18.7 Å². The van der Waals surface area contributed by atoms with E-state index in [-0.39, 0.29) is 0 Å². The van der Waals surface area contributed by atoms with Gasteiger partial charge in [0.25, 0.3) is 0 Å². The molecule has 0 N–H and O–H groups in total. The van der Waals surface area contributed by atoms with Crippen molar-refractivity contribution >= 4 is 0 Å². The van der Waals surface area contributed by atoms with Crippen molar-refractivity contribution in [2.45, 2.75) is 25.4 Å². The van der Waals surface area contributed by atoms with Gasteiger partial charge in [0.1, 0.15) is 0 Å². The zero-order chi connectivity index (χ0) is 9.26. The lowest BCUT2D eigenvalue weighted by molar-refractivity contribution is 0.0398. The summed E-state index contributed by atoms with van der Waals surface area (Å²) in [7, 11) is 1.85. The van der Waals surface area contributed by atoms with Crippen molar-refractivity contribution in [2.24, 2.45) is 17.8 Å². The molecule has 0 aromatic heterocycles. The highest BCUT2D eigenvalue weighted by atomic mass is 16.5. The first-order valence-electron chi connectivity index (χ1n) is 5.19. The fourth-order valence-electron chi connectivity index (χ4n) is 2.92. The maximum absolute atomic E-state index is 5.57. The van der Waals surface area contributed by atoms with Crippen molar-refractivity contribution in [3.63, 3.8) is 0 Å². The molecule has 2 aliphatic rings. The van der Waals surface area contributed by atoms with E-state index < -0.39 is 0 Å². The van der Waals surface area contributed by atoms with Gasteiger partial charge in [-0.3, -0.25) is 0 Å². The highest BCUT2D eigenvalue weighted by Gasteiger charge is 2.43. The van der Waals surface area contributed by atoms with Crippen LogP contribution in [0.15, 0.2) is 24.8 Å². The summed E-state index contributed by atoms with van der Waals surface area (Å²) in [6.45, 7) is 3.78. The molecule has 4 atom stereocenters. The van der Waals surface area contributed by atoms with Gasteiger partial charge in [0.2, 0.25) is 0 Å². The Morgan fingerprint density at radius 1 is 1.46 bits per heavy atom. The van der Waals surface area contributed by atoms with Gasteiger partial charge in [-0.2, -0.15) is 0 Å². The van der Waals surface area contributed by atoms with Crippen molar-refractivity contribution in [3.8, 4) is 0 Å². The fourth-order valence-corrected chi connectivity index (χ4v) is 2.92. The first-order chi connectivity index (χ1) is 6.36. The second-order valence-electron chi connectivity index (χ2n) is 4.18. The molecule has 0 spiro atoms. The molecule has 1 fully saturated rings. The minimum atomic E-state index is 0.481. The summed E-state index contributed by atoms with van der Waals surface area (Å²) in [4.78, 5) is 0. The van der Waals surface area contributed by atoms with Crippen LogP contribution in [0, 0.1) is 17.8 Å². The van der Waals surface area contributed by atoms with E-state index in [4.69, 9.17) is 4.74 Å². The maximum atomic E-state index is 5.57. The lowest BCUT2D eigenvalue weighted by atomic mass is 9.87. The highest BCUT2D eigenvalue weighted by Crippen LogP contribution is 2.46. The fraction of sp³-hybridized carbons (Fsp3) is 0.667. The van der Waals surface area contributed by atoms with Crippen molar-refractivity contribution in [2.75, 3.05) is 7.11 Å². The predicted octanol–water partition coefficient (Wildman–Crippen LogP) is 2.79. The Hall–Kier alpha value is -0.560. The molecule has 2 bridgehead atoms. The summed E-state index contributed by atoms with van der Waals surface area (Å²) >= 11 is 0. The molecule has 0 heterocycles. The lowest BCUT2D eigenvalue weighted by Gasteiger charge is -2.26. The molecular formula is C12H18O. The van der Waals surface area contributed by atoms with Crippen molar-refractivity contribution in [1.29, 1.82) is 0 Å². The molecular weight excluding hydrogens is 160 g/mol. The van der Waals surface area contributed by atoms with Crippen LogP contribution in [-0.2, 0) is 4.74 Å². The third kappa shape index (κ3) is 1.46. The van der Waals surface area contributed by atoms with Gasteiger partial charge in [0.15, 0.2) is 0 Å². The zero-order valence-corrected chi connectivity index (χ0v) is 8.28. The van der Waals surface area contributed by atoms with Crippen LogP contribution in [0.4, 0.5) is 0 Å². The standard InChI is InChI=1S/C12H18O/c1-3-4-5-11-9-6-7-10(8-9)12(11)13-2/h3,6-7,9-12H,1,4-5,8H2,2H3. The monoisotopic (exact) mass is 178 g/mol. The number of ether oxygens (including phenoxy) is 1. The van der Waals surface area contributed by atoms with E-state index >= 15 is 0 Å². The van der Waals surface area contributed by atoms with Crippen LogP contribution in [0.3, 0.4) is 0 Å². The first kappa shape index (κ1) is 9.01. The van der Waals surface area contributed by atoms with Crippen LogP contribution < -0.4 is 0 Å². The second kappa shape index (κ2) is 3.67. The topological polar surface area (TPSA) is 9.23 Å². The molecule has 13 heavy (non-hydrogen) atoms. The van der Waals surface area contributed by atoms with Crippen LogP contribution in [0.5, 0.6) is 0 Å². The highest BCUT2D eigenvalue weighted by molar-refractivity contribution is 5.14. The number of allylic oxidation sites excluding steroid dienone is 2. The minimum absolute atomic E-state index is 0.481. The van der Waals surface area contributed by atoms with Crippen LogP contribution in [0.25, 0.3) is 0 Å².